The maximum Gasteiger partial charge on any atom is 0.340 e. The van der Waals surface area contributed by atoms with E-state index in [1.807, 2.05) is 6.26 Å². The number of hydrogen-bond donors (Lipinski definition) is 2. The van der Waals surface area contributed by atoms with E-state index in [0.717, 1.165) is 4.90 Å². The van der Waals surface area contributed by atoms with Crippen molar-refractivity contribution in [1.29, 1.82) is 0 Å². The quantitative estimate of drug-likeness (QED) is 0.565. The summed E-state index contributed by atoms with van der Waals surface area (Å²) < 4.78 is 10.3. The number of urea groups is 1. The standard InChI is InChI=1S/C17H19ClN2O5S/c1-4-24-16(22)14-9(2)19-17(23)20-13(14)8-25-15(21)11-7-10(26-3)5-6-12(11)18/h5-7,9H,4,8H2,1-3H3,(H2,19,20,23)/t9-/m1/s1. The van der Waals surface area contributed by atoms with Gasteiger partial charge in [-0.05, 0) is 38.3 Å². The highest BCUT2D eigenvalue weighted by atomic mass is 35.5. The van der Waals surface area contributed by atoms with Crippen LogP contribution in [0.25, 0.3) is 0 Å². The van der Waals surface area contributed by atoms with Gasteiger partial charge in [-0.15, -0.1) is 11.8 Å². The molecular formula is C17H19ClN2O5S. The Morgan fingerprint density at radius 2 is 2.00 bits per heavy atom. The molecule has 0 saturated carbocycles. The van der Waals surface area contributed by atoms with E-state index in [1.54, 1.807) is 32.0 Å². The van der Waals surface area contributed by atoms with Gasteiger partial charge in [0.15, 0.2) is 0 Å². The molecule has 2 N–H and O–H groups in total. The van der Waals surface area contributed by atoms with Gasteiger partial charge in [-0.25, -0.2) is 14.4 Å². The first-order chi connectivity index (χ1) is 12.4. The molecule has 140 valence electrons. The molecule has 9 heteroatoms. The third-order valence-corrected chi connectivity index (χ3v) is 4.66. The van der Waals surface area contributed by atoms with Gasteiger partial charge in [-0.1, -0.05) is 11.6 Å². The molecule has 1 aromatic carbocycles. The number of halogens is 1. The van der Waals surface area contributed by atoms with Crippen LogP contribution < -0.4 is 10.6 Å². The molecule has 0 spiro atoms. The van der Waals surface area contributed by atoms with E-state index in [2.05, 4.69) is 10.6 Å². The van der Waals surface area contributed by atoms with Gasteiger partial charge in [0.05, 0.1) is 34.5 Å². The molecule has 1 atom stereocenters. The van der Waals surface area contributed by atoms with E-state index in [-0.39, 0.29) is 35.1 Å². The first-order valence-corrected chi connectivity index (χ1v) is 9.46. The van der Waals surface area contributed by atoms with Crippen LogP contribution in [0.5, 0.6) is 0 Å². The SMILES string of the molecule is CCOC(=O)C1=C(COC(=O)c2cc(SC)ccc2Cl)NC(=O)N[C@@H]1C. The number of rotatable bonds is 6. The molecule has 1 aliphatic heterocycles. The highest BCUT2D eigenvalue weighted by molar-refractivity contribution is 7.98. The molecule has 1 aromatic rings. The fourth-order valence-corrected chi connectivity index (χ4v) is 3.03. The minimum absolute atomic E-state index is 0.185. The zero-order valence-electron chi connectivity index (χ0n) is 14.6. The van der Waals surface area contributed by atoms with Crippen molar-refractivity contribution in [3.8, 4) is 0 Å². The molecule has 7 nitrogen and oxygen atoms in total. The van der Waals surface area contributed by atoms with Crippen molar-refractivity contribution in [1.82, 2.24) is 10.6 Å². The average Bonchev–Trinajstić information content (AvgIpc) is 2.59. The Balaban J connectivity index is 2.21. The average molecular weight is 399 g/mol. The highest BCUT2D eigenvalue weighted by Crippen LogP contribution is 2.24. The van der Waals surface area contributed by atoms with Crippen molar-refractivity contribution in [3.63, 3.8) is 0 Å². The summed E-state index contributed by atoms with van der Waals surface area (Å²) in [5.41, 5.74) is 0.610. The second kappa shape index (κ2) is 8.95. The highest BCUT2D eigenvalue weighted by Gasteiger charge is 2.30. The fraction of sp³-hybridized carbons (Fsp3) is 0.353. The molecule has 0 aliphatic carbocycles. The van der Waals surface area contributed by atoms with Crippen LogP contribution in [0, 0.1) is 0 Å². The summed E-state index contributed by atoms with van der Waals surface area (Å²) >= 11 is 7.52. The van der Waals surface area contributed by atoms with Crippen molar-refractivity contribution >= 4 is 41.3 Å². The molecule has 26 heavy (non-hydrogen) atoms. The zero-order chi connectivity index (χ0) is 19.3. The zero-order valence-corrected chi connectivity index (χ0v) is 16.1. The third-order valence-electron chi connectivity index (χ3n) is 3.61. The van der Waals surface area contributed by atoms with Gasteiger partial charge >= 0.3 is 18.0 Å². The predicted octanol–water partition coefficient (Wildman–Crippen LogP) is 2.74. The van der Waals surface area contributed by atoms with Gasteiger partial charge in [0.2, 0.25) is 0 Å². The number of amides is 2. The van der Waals surface area contributed by atoms with Gasteiger partial charge in [-0.3, -0.25) is 0 Å². The van der Waals surface area contributed by atoms with Crippen LogP contribution in [0.2, 0.25) is 5.02 Å². The minimum Gasteiger partial charge on any atom is -0.463 e. The summed E-state index contributed by atoms with van der Waals surface area (Å²) in [5, 5.41) is 5.32. The van der Waals surface area contributed by atoms with Crippen LogP contribution in [0.15, 0.2) is 34.4 Å². The van der Waals surface area contributed by atoms with Crippen LogP contribution in [0.1, 0.15) is 24.2 Å². The number of esters is 2. The van der Waals surface area contributed by atoms with Crippen LogP contribution in [0.3, 0.4) is 0 Å². The smallest absolute Gasteiger partial charge is 0.340 e. The van der Waals surface area contributed by atoms with E-state index in [0.29, 0.717) is 0 Å². The van der Waals surface area contributed by atoms with Gasteiger partial charge in [0, 0.05) is 4.90 Å². The van der Waals surface area contributed by atoms with Crippen molar-refractivity contribution in [3.05, 3.63) is 40.1 Å². The Kier molecular flexibility index (Phi) is 6.93. The fourth-order valence-electron chi connectivity index (χ4n) is 2.40. The van der Waals surface area contributed by atoms with E-state index < -0.39 is 24.0 Å². The van der Waals surface area contributed by atoms with Gasteiger partial charge in [0.1, 0.15) is 6.61 Å². The van der Waals surface area contributed by atoms with E-state index in [1.165, 1.54) is 11.8 Å². The first kappa shape index (κ1) is 20.1. The molecule has 0 radical (unpaired) electrons. The molecule has 2 rings (SSSR count). The van der Waals surface area contributed by atoms with Crippen LogP contribution in [-0.4, -0.2) is 43.5 Å². The lowest BCUT2D eigenvalue weighted by Gasteiger charge is -2.26. The van der Waals surface area contributed by atoms with Gasteiger partial charge in [-0.2, -0.15) is 0 Å². The molecule has 2 amide bonds. The second-order valence-corrected chi connectivity index (χ2v) is 6.64. The van der Waals surface area contributed by atoms with Crippen LogP contribution in [-0.2, 0) is 14.3 Å². The number of carbonyl (C=O) groups excluding carboxylic acids is 3. The topological polar surface area (TPSA) is 93.7 Å². The Morgan fingerprint density at radius 3 is 2.65 bits per heavy atom. The Bertz CT molecular complexity index is 766. The van der Waals surface area contributed by atoms with E-state index in [9.17, 15) is 14.4 Å². The molecule has 0 saturated heterocycles. The Morgan fingerprint density at radius 1 is 1.27 bits per heavy atom. The first-order valence-electron chi connectivity index (χ1n) is 7.85. The van der Waals surface area contributed by atoms with E-state index in [4.69, 9.17) is 21.1 Å². The number of carbonyl (C=O) groups is 3. The number of hydrogen-bond acceptors (Lipinski definition) is 6. The Labute approximate surface area is 160 Å². The summed E-state index contributed by atoms with van der Waals surface area (Å²) in [4.78, 5) is 37.0. The van der Waals surface area contributed by atoms with Gasteiger partial charge in [0.25, 0.3) is 0 Å². The van der Waals surface area contributed by atoms with Crippen molar-refractivity contribution in [2.75, 3.05) is 19.5 Å². The normalized spacial score (nSPS) is 16.6. The van der Waals surface area contributed by atoms with Crippen molar-refractivity contribution in [2.24, 2.45) is 0 Å². The lowest BCUT2D eigenvalue weighted by molar-refractivity contribution is -0.139. The predicted molar refractivity (Wildman–Crippen MR) is 98.3 cm³/mol. The molecule has 0 unspecified atom stereocenters. The largest absolute Gasteiger partial charge is 0.463 e. The summed E-state index contributed by atoms with van der Waals surface area (Å²) in [5.74, 6) is -1.23. The van der Waals surface area contributed by atoms with Crippen molar-refractivity contribution < 1.29 is 23.9 Å². The minimum atomic E-state index is -0.651. The molecule has 1 aliphatic rings. The molecule has 0 fully saturated rings. The van der Waals surface area contributed by atoms with Crippen LogP contribution in [0.4, 0.5) is 4.79 Å². The summed E-state index contributed by atoms with van der Waals surface area (Å²) in [7, 11) is 0. The summed E-state index contributed by atoms with van der Waals surface area (Å²) in [6.45, 7) is 3.22. The van der Waals surface area contributed by atoms with Crippen molar-refractivity contribution in [2.45, 2.75) is 24.8 Å². The maximum atomic E-state index is 12.4. The monoisotopic (exact) mass is 398 g/mol. The third kappa shape index (κ3) is 4.70. The number of nitrogens with one attached hydrogen (secondary N) is 2. The molecule has 0 aromatic heterocycles. The van der Waals surface area contributed by atoms with E-state index >= 15 is 0 Å². The summed E-state index contributed by atoms with van der Waals surface area (Å²) in [6.07, 6.45) is 1.88. The lowest BCUT2D eigenvalue weighted by Crippen LogP contribution is -2.50. The van der Waals surface area contributed by atoms with Crippen LogP contribution >= 0.6 is 23.4 Å². The molecule has 1 heterocycles. The Hall–Kier alpha value is -2.19. The lowest BCUT2D eigenvalue weighted by atomic mass is 10.0. The maximum absolute atomic E-state index is 12.4. The second-order valence-electron chi connectivity index (χ2n) is 5.35. The molecular weight excluding hydrogens is 380 g/mol. The van der Waals surface area contributed by atoms with Gasteiger partial charge < -0.3 is 20.1 Å². The number of benzene rings is 1. The summed E-state index contributed by atoms with van der Waals surface area (Å²) in [6, 6.07) is 3.97. The number of ether oxygens (including phenoxy) is 2. The number of thioether (sulfide) groups is 1. The molecule has 0 bridgehead atoms.